The monoisotopic (exact) mass is 511 g/mol. The zero-order valence-corrected chi connectivity index (χ0v) is 24.9. The van der Waals surface area contributed by atoms with Gasteiger partial charge in [0.2, 0.25) is 18.8 Å². The fraction of sp³-hybridized carbons (Fsp3) is 0.562. The van der Waals surface area contributed by atoms with Crippen molar-refractivity contribution in [2.75, 3.05) is 0 Å². The number of carbonyl (C=O) groups excluding carboxylic acids is 2. The summed E-state index contributed by atoms with van der Waals surface area (Å²) in [5, 5.41) is 0. The molecule has 0 saturated heterocycles. The van der Waals surface area contributed by atoms with E-state index in [0.717, 1.165) is 33.4 Å². The first kappa shape index (κ1) is 31.9. The Hall–Kier alpha value is -2.12. The molecule has 0 aliphatic rings. The van der Waals surface area contributed by atoms with Crippen LogP contribution in [-0.2, 0) is 4.57 Å². The van der Waals surface area contributed by atoms with E-state index in [1.165, 1.54) is 64.2 Å². The zero-order chi connectivity index (χ0) is 27.3. The minimum absolute atomic E-state index is 0.400. The maximum Gasteiger partial charge on any atom is 0.250 e. The van der Waals surface area contributed by atoms with Crippen LogP contribution in [0.15, 0.2) is 24.3 Å². The van der Waals surface area contributed by atoms with Gasteiger partial charge in [0.25, 0.3) is 0 Å². The lowest BCUT2D eigenvalue weighted by Gasteiger charge is -2.12. The van der Waals surface area contributed by atoms with Gasteiger partial charge in [0.15, 0.2) is 0 Å². The molecule has 2 rings (SSSR count). The van der Waals surface area contributed by atoms with Crippen molar-refractivity contribution in [1.29, 1.82) is 0 Å². The van der Waals surface area contributed by atoms with Crippen LogP contribution in [0, 0.1) is 41.5 Å². The van der Waals surface area contributed by atoms with Crippen LogP contribution >= 0.6 is 7.80 Å². The van der Waals surface area contributed by atoms with Gasteiger partial charge in [0, 0.05) is 11.1 Å². The van der Waals surface area contributed by atoms with Crippen LogP contribution in [0.5, 0.6) is 0 Å². The molecule has 0 aliphatic carbocycles. The van der Waals surface area contributed by atoms with Gasteiger partial charge in [0.05, 0.1) is 0 Å². The van der Waals surface area contributed by atoms with E-state index in [1.54, 1.807) is 0 Å². The summed E-state index contributed by atoms with van der Waals surface area (Å²) in [7, 11) is -2.67. The normalized spacial score (nSPS) is 10.6. The van der Waals surface area contributed by atoms with Crippen molar-refractivity contribution in [3.05, 3.63) is 68.8 Å². The smallest absolute Gasteiger partial charge is 0.250 e. The van der Waals surface area contributed by atoms with Crippen molar-refractivity contribution in [2.45, 2.75) is 120 Å². The molecule has 4 heteroatoms. The van der Waals surface area contributed by atoms with Crippen LogP contribution in [0.4, 0.5) is 0 Å². The standard InChI is InChI=1S/C20H22O3P.C12H26/c1-11-7-13(3)17(14(4)8-11)19(21)24(23)20(22)18-15(5)9-12(2)10-16(18)6;1-3-5-7-9-11-12-10-8-6-4-2/h7-10H,1-6H3;3-12H2,1-2H3. The molecule has 2 aromatic rings. The van der Waals surface area contributed by atoms with Gasteiger partial charge in [0.1, 0.15) is 0 Å². The largest absolute Gasteiger partial charge is 0.281 e. The molecular formula is C32H48O3P. The van der Waals surface area contributed by atoms with Crippen LogP contribution in [0.2, 0.25) is 0 Å². The van der Waals surface area contributed by atoms with E-state index in [-0.39, 0.29) is 0 Å². The van der Waals surface area contributed by atoms with Crippen LogP contribution in [0.1, 0.15) is 132 Å². The van der Waals surface area contributed by atoms with Crippen molar-refractivity contribution >= 4 is 18.8 Å². The molecule has 0 spiro atoms. The zero-order valence-electron chi connectivity index (χ0n) is 24.1. The van der Waals surface area contributed by atoms with E-state index in [2.05, 4.69) is 13.8 Å². The van der Waals surface area contributed by atoms with E-state index in [0.29, 0.717) is 11.1 Å². The third-order valence-corrected chi connectivity index (χ3v) is 7.79. The van der Waals surface area contributed by atoms with E-state index in [4.69, 9.17) is 0 Å². The molecule has 0 fully saturated rings. The second-order valence-electron chi connectivity index (χ2n) is 10.3. The molecule has 36 heavy (non-hydrogen) atoms. The Labute approximate surface area is 221 Å². The summed E-state index contributed by atoms with van der Waals surface area (Å²) in [5.74, 6) is 0. The Morgan fingerprint density at radius 2 is 0.778 bits per heavy atom. The summed E-state index contributed by atoms with van der Waals surface area (Å²) in [6.45, 7) is 15.7. The van der Waals surface area contributed by atoms with E-state index in [1.807, 2.05) is 65.8 Å². The molecule has 0 aliphatic heterocycles. The average molecular weight is 512 g/mol. The maximum atomic E-state index is 12.7. The fourth-order valence-corrected chi connectivity index (χ4v) is 6.19. The van der Waals surface area contributed by atoms with Gasteiger partial charge in [-0.2, -0.15) is 0 Å². The van der Waals surface area contributed by atoms with Crippen LogP contribution in [0.3, 0.4) is 0 Å². The molecule has 0 N–H and O–H groups in total. The number of hydrogen-bond acceptors (Lipinski definition) is 3. The molecule has 0 unspecified atom stereocenters. The Bertz CT molecular complexity index is 908. The molecule has 0 amide bonds. The summed E-state index contributed by atoms with van der Waals surface area (Å²) < 4.78 is 12.7. The van der Waals surface area contributed by atoms with Crippen LogP contribution < -0.4 is 0 Å². The minimum atomic E-state index is -2.67. The molecule has 0 atom stereocenters. The number of hydrogen-bond donors (Lipinski definition) is 0. The first-order valence-electron chi connectivity index (χ1n) is 13.8. The lowest BCUT2D eigenvalue weighted by atomic mass is 10.0. The lowest BCUT2D eigenvalue weighted by molar-refractivity contribution is 0.104. The predicted octanol–water partition coefficient (Wildman–Crippen LogP) is 10.3. The van der Waals surface area contributed by atoms with Crippen LogP contribution in [-0.4, -0.2) is 11.0 Å². The van der Waals surface area contributed by atoms with Crippen molar-refractivity contribution < 1.29 is 14.2 Å². The molecule has 0 heterocycles. The molecule has 0 saturated carbocycles. The van der Waals surface area contributed by atoms with Gasteiger partial charge < -0.3 is 0 Å². The molecule has 3 nitrogen and oxygen atoms in total. The Morgan fingerprint density at radius 1 is 0.528 bits per heavy atom. The topological polar surface area (TPSA) is 51.2 Å². The summed E-state index contributed by atoms with van der Waals surface area (Å²) >= 11 is 0. The highest BCUT2D eigenvalue weighted by Gasteiger charge is 2.29. The van der Waals surface area contributed by atoms with Crippen molar-refractivity contribution in [3.63, 3.8) is 0 Å². The number of benzene rings is 2. The third kappa shape index (κ3) is 10.1. The summed E-state index contributed by atoms with van der Waals surface area (Å²) in [4.78, 5) is 25.4. The highest BCUT2D eigenvalue weighted by atomic mass is 31.1. The Kier molecular flexibility index (Phi) is 14.7. The first-order valence-corrected chi connectivity index (χ1v) is 15.0. The number of unbranched alkanes of at least 4 members (excludes halogenated alkanes) is 9. The number of aryl methyl sites for hydroxylation is 6. The summed E-state index contributed by atoms with van der Waals surface area (Å²) in [6.07, 6.45) is 14.4. The van der Waals surface area contributed by atoms with Gasteiger partial charge >= 0.3 is 0 Å². The number of rotatable bonds is 13. The molecule has 0 bridgehead atoms. The van der Waals surface area contributed by atoms with Gasteiger partial charge in [-0.05, 0) is 63.8 Å². The second-order valence-corrected chi connectivity index (χ2v) is 11.7. The first-order chi connectivity index (χ1) is 17.0. The van der Waals surface area contributed by atoms with Crippen molar-refractivity contribution in [3.8, 4) is 0 Å². The number of carbonyl (C=O) groups is 2. The predicted molar refractivity (Wildman–Crippen MR) is 155 cm³/mol. The molecule has 199 valence electrons. The van der Waals surface area contributed by atoms with E-state index < -0.39 is 18.8 Å². The summed E-state index contributed by atoms with van der Waals surface area (Å²) in [6, 6.07) is 7.49. The lowest BCUT2D eigenvalue weighted by Crippen LogP contribution is -2.08. The third-order valence-electron chi connectivity index (χ3n) is 6.61. The summed E-state index contributed by atoms with van der Waals surface area (Å²) in [5.41, 5.74) is 4.74. The average Bonchev–Trinajstić information content (AvgIpc) is 2.79. The highest BCUT2D eigenvalue weighted by Crippen LogP contribution is 2.36. The molecule has 0 aromatic heterocycles. The van der Waals surface area contributed by atoms with E-state index in [9.17, 15) is 14.2 Å². The van der Waals surface area contributed by atoms with Gasteiger partial charge in [-0.15, -0.1) is 0 Å². The Morgan fingerprint density at radius 3 is 1.03 bits per heavy atom. The van der Waals surface area contributed by atoms with Gasteiger partial charge in [-0.25, -0.2) is 0 Å². The van der Waals surface area contributed by atoms with Crippen molar-refractivity contribution in [1.82, 2.24) is 0 Å². The molecule has 2 aromatic carbocycles. The fourth-order valence-electron chi connectivity index (χ4n) is 4.89. The molecule has 1 radical (unpaired) electrons. The minimum Gasteiger partial charge on any atom is -0.281 e. The maximum absolute atomic E-state index is 12.7. The quantitative estimate of drug-likeness (QED) is 0.198. The highest BCUT2D eigenvalue weighted by molar-refractivity contribution is 7.80. The SMILES string of the molecule is CCCCCCCCCCCC.Cc1cc(C)c(C(=O)[P](=O)C(=O)c2c(C)cc(C)cc2C)c(C)c1. The van der Waals surface area contributed by atoms with E-state index >= 15 is 0 Å². The van der Waals surface area contributed by atoms with Crippen molar-refractivity contribution in [2.24, 2.45) is 0 Å². The van der Waals surface area contributed by atoms with Gasteiger partial charge in [-0.1, -0.05) is 113 Å². The van der Waals surface area contributed by atoms with Crippen LogP contribution in [0.25, 0.3) is 0 Å². The molecular weight excluding hydrogens is 463 g/mol. The Balaban J connectivity index is 0.000000457. The second kappa shape index (κ2) is 16.6. The van der Waals surface area contributed by atoms with Gasteiger partial charge in [-0.3, -0.25) is 14.2 Å².